The lowest BCUT2D eigenvalue weighted by molar-refractivity contribution is -0.105. The van der Waals surface area contributed by atoms with E-state index in [1.165, 1.54) is 0 Å². The largest absolute Gasteiger partial charge is 0.328 e. The van der Waals surface area contributed by atoms with E-state index in [1.807, 2.05) is 19.2 Å². The summed E-state index contributed by atoms with van der Waals surface area (Å²) in [5.41, 5.74) is 2.12. The molecule has 7 nitrogen and oxygen atoms in total. The fourth-order valence-corrected chi connectivity index (χ4v) is 4.45. The first-order valence-electron chi connectivity index (χ1n) is 8.24. The van der Waals surface area contributed by atoms with Crippen LogP contribution in [0.5, 0.6) is 0 Å². The molecule has 1 saturated heterocycles. The van der Waals surface area contributed by atoms with E-state index < -0.39 is 10.1 Å². The van der Waals surface area contributed by atoms with Gasteiger partial charge in [-0.25, -0.2) is 0 Å². The van der Waals surface area contributed by atoms with Crippen LogP contribution >= 0.6 is 0 Å². The van der Waals surface area contributed by atoms with E-state index in [1.54, 1.807) is 6.07 Å². The summed E-state index contributed by atoms with van der Waals surface area (Å²) in [5.74, 6) is 0.179. The van der Waals surface area contributed by atoms with Crippen molar-refractivity contribution in [1.29, 1.82) is 0 Å². The van der Waals surface area contributed by atoms with Gasteiger partial charge in [0.2, 0.25) is 6.41 Å². The molecule has 1 fully saturated rings. The first kappa shape index (κ1) is 18.0. The van der Waals surface area contributed by atoms with E-state index in [4.69, 9.17) is 4.18 Å². The lowest BCUT2D eigenvalue weighted by Gasteiger charge is -2.46. The molecule has 1 aromatic rings. The number of nitrogens with one attached hydrogen (secondary N) is 1. The molecule has 0 bridgehead atoms. The molecule has 0 saturated carbocycles. The average molecular weight is 366 g/mol. The Labute approximate surface area is 147 Å². The predicted molar refractivity (Wildman–Crippen MR) is 93.2 cm³/mol. The number of hydrogen-bond acceptors (Lipinski definition) is 6. The molecule has 136 valence electrons. The third-order valence-corrected chi connectivity index (χ3v) is 5.80. The van der Waals surface area contributed by atoms with E-state index in [-0.39, 0.29) is 30.4 Å². The second-order valence-electron chi connectivity index (χ2n) is 6.72. The number of fused-ring (bicyclic) bond motifs is 3. The summed E-state index contributed by atoms with van der Waals surface area (Å²) in [5, 5.41) is 2.62. The molecule has 25 heavy (non-hydrogen) atoms. The van der Waals surface area contributed by atoms with Gasteiger partial charge in [0.1, 0.15) is 0 Å². The molecule has 3 atom stereocenters. The molecule has 1 aliphatic heterocycles. The number of ketones is 1. The molecule has 2 aliphatic rings. The minimum Gasteiger partial charge on any atom is -0.328 e. The highest BCUT2D eigenvalue weighted by atomic mass is 32.2. The standard InChI is InChI=1S/C17H22N2O5S/c1-19-11(9-24-25(2,22)23)6-7-12-13-4-3-5-14(18-10-20)17(13)16(21)8-15(12)19/h3-5,10-12,15H,6-9H2,1-2H3,(H,18,20). The number of likely N-dealkylation sites (N-methyl/N-ethyl adjacent to an activating group) is 1. The van der Waals surface area contributed by atoms with E-state index in [9.17, 15) is 18.0 Å². The van der Waals surface area contributed by atoms with Crippen molar-refractivity contribution in [3.63, 3.8) is 0 Å². The number of hydrogen-bond donors (Lipinski definition) is 1. The number of carbonyl (C=O) groups excluding carboxylic acids is 2. The van der Waals surface area contributed by atoms with E-state index in [0.717, 1.165) is 24.7 Å². The van der Waals surface area contributed by atoms with Crippen molar-refractivity contribution < 1.29 is 22.2 Å². The van der Waals surface area contributed by atoms with Gasteiger partial charge in [-0.05, 0) is 31.5 Å². The van der Waals surface area contributed by atoms with Crippen LogP contribution in [0, 0.1) is 0 Å². The third kappa shape index (κ3) is 3.61. The highest BCUT2D eigenvalue weighted by molar-refractivity contribution is 7.85. The van der Waals surface area contributed by atoms with Crippen molar-refractivity contribution in [2.45, 2.75) is 37.3 Å². The summed E-state index contributed by atoms with van der Waals surface area (Å²) in [7, 11) is -1.57. The molecular weight excluding hydrogens is 344 g/mol. The van der Waals surface area contributed by atoms with E-state index >= 15 is 0 Å². The first-order chi connectivity index (χ1) is 11.8. The SMILES string of the molecule is CN1C(COS(C)(=O)=O)CCC2c3cccc(NC=O)c3C(=O)CC21. The summed E-state index contributed by atoms with van der Waals surface area (Å²) >= 11 is 0. The highest BCUT2D eigenvalue weighted by Gasteiger charge is 2.42. The topological polar surface area (TPSA) is 92.8 Å². The first-order valence-corrected chi connectivity index (χ1v) is 10.1. The van der Waals surface area contributed by atoms with Gasteiger partial charge in [0.25, 0.3) is 10.1 Å². The summed E-state index contributed by atoms with van der Waals surface area (Å²) in [4.78, 5) is 25.6. The maximum absolute atomic E-state index is 12.7. The molecule has 3 rings (SSSR count). The summed E-state index contributed by atoms with van der Waals surface area (Å²) < 4.78 is 27.5. The Hall–Kier alpha value is -1.77. The van der Waals surface area contributed by atoms with Gasteiger partial charge in [0.15, 0.2) is 5.78 Å². The quantitative estimate of drug-likeness (QED) is 0.625. The maximum Gasteiger partial charge on any atom is 0.264 e. The molecule has 1 aliphatic carbocycles. The van der Waals surface area contributed by atoms with Gasteiger partial charge in [-0.1, -0.05) is 12.1 Å². The molecule has 1 amide bonds. The van der Waals surface area contributed by atoms with Crippen LogP contribution in [0.4, 0.5) is 5.69 Å². The van der Waals surface area contributed by atoms with Crippen molar-refractivity contribution in [1.82, 2.24) is 4.90 Å². The summed E-state index contributed by atoms with van der Waals surface area (Å²) in [6.45, 7) is 0.104. The van der Waals surface area contributed by atoms with Crippen molar-refractivity contribution >= 4 is 28.0 Å². The monoisotopic (exact) mass is 366 g/mol. The van der Waals surface area contributed by atoms with Crippen LogP contribution in [-0.2, 0) is 19.1 Å². The van der Waals surface area contributed by atoms with Crippen LogP contribution in [0.25, 0.3) is 0 Å². The Morgan fingerprint density at radius 2 is 2.12 bits per heavy atom. The zero-order valence-electron chi connectivity index (χ0n) is 14.3. The fraction of sp³-hybridized carbons (Fsp3) is 0.529. The van der Waals surface area contributed by atoms with Crippen LogP contribution < -0.4 is 5.32 Å². The Kier molecular flexibility index (Phi) is 4.95. The fourth-order valence-electron chi connectivity index (χ4n) is 4.04. The third-order valence-electron chi connectivity index (χ3n) is 5.23. The lowest BCUT2D eigenvalue weighted by Crippen LogP contribution is -2.52. The van der Waals surface area contributed by atoms with Gasteiger partial charge >= 0.3 is 0 Å². The normalized spacial score (nSPS) is 26.6. The smallest absolute Gasteiger partial charge is 0.264 e. The number of carbonyl (C=O) groups is 2. The van der Waals surface area contributed by atoms with Gasteiger partial charge in [0.05, 0.1) is 18.6 Å². The molecule has 0 radical (unpaired) electrons. The van der Waals surface area contributed by atoms with Gasteiger partial charge in [-0.2, -0.15) is 8.42 Å². The molecule has 0 spiro atoms. The predicted octanol–water partition coefficient (Wildman–Crippen LogP) is 1.36. The molecular formula is C17H22N2O5S. The van der Waals surface area contributed by atoms with Gasteiger partial charge in [0, 0.05) is 30.0 Å². The number of likely N-dealkylation sites (tertiary alicyclic amines) is 1. The van der Waals surface area contributed by atoms with Gasteiger partial charge < -0.3 is 5.32 Å². The summed E-state index contributed by atoms with van der Waals surface area (Å²) in [6.07, 6.45) is 3.60. The zero-order valence-corrected chi connectivity index (χ0v) is 15.1. The maximum atomic E-state index is 12.7. The van der Waals surface area contributed by atoms with Crippen LogP contribution in [0.1, 0.15) is 41.1 Å². The number of benzene rings is 1. The van der Waals surface area contributed by atoms with Crippen LogP contribution in [0.3, 0.4) is 0 Å². The number of Topliss-reactive ketones (excluding diaryl/α,β-unsaturated/α-hetero) is 1. The van der Waals surface area contributed by atoms with E-state index in [2.05, 4.69) is 10.2 Å². The van der Waals surface area contributed by atoms with Crippen LogP contribution in [-0.4, -0.2) is 57.5 Å². The Morgan fingerprint density at radius 1 is 1.36 bits per heavy atom. The van der Waals surface area contributed by atoms with Crippen molar-refractivity contribution in [3.05, 3.63) is 29.3 Å². The Bertz CT molecular complexity index is 792. The van der Waals surface area contributed by atoms with E-state index in [0.29, 0.717) is 24.1 Å². The molecule has 1 N–H and O–H groups in total. The average Bonchev–Trinajstić information content (AvgIpc) is 2.54. The minimum absolute atomic E-state index is 0.00210. The van der Waals surface area contributed by atoms with Crippen LogP contribution in [0.2, 0.25) is 0 Å². The molecule has 3 unspecified atom stereocenters. The molecule has 0 aromatic heterocycles. The number of piperidine rings is 1. The van der Waals surface area contributed by atoms with Gasteiger partial charge in [-0.15, -0.1) is 0 Å². The Morgan fingerprint density at radius 3 is 2.80 bits per heavy atom. The van der Waals surface area contributed by atoms with Crippen molar-refractivity contribution in [3.8, 4) is 0 Å². The Balaban J connectivity index is 1.86. The lowest BCUT2D eigenvalue weighted by atomic mass is 9.72. The number of nitrogens with zero attached hydrogens (tertiary/aromatic N) is 1. The second-order valence-corrected chi connectivity index (χ2v) is 8.36. The zero-order chi connectivity index (χ0) is 18.2. The van der Waals surface area contributed by atoms with Crippen molar-refractivity contribution in [2.75, 3.05) is 25.2 Å². The number of rotatable bonds is 5. The second kappa shape index (κ2) is 6.86. The van der Waals surface area contributed by atoms with Crippen LogP contribution in [0.15, 0.2) is 18.2 Å². The molecule has 1 aromatic carbocycles. The van der Waals surface area contributed by atoms with Crippen molar-refractivity contribution in [2.24, 2.45) is 0 Å². The summed E-state index contributed by atoms with van der Waals surface area (Å²) in [6, 6.07) is 5.50. The van der Waals surface area contributed by atoms with Gasteiger partial charge in [-0.3, -0.25) is 18.7 Å². The molecule has 1 heterocycles. The highest BCUT2D eigenvalue weighted by Crippen LogP contribution is 2.43. The minimum atomic E-state index is -3.48. The number of amides is 1. The molecule has 8 heteroatoms. The number of anilines is 1.